The van der Waals surface area contributed by atoms with Gasteiger partial charge in [-0.15, -0.1) is 11.8 Å². The van der Waals surface area contributed by atoms with E-state index in [0.717, 1.165) is 28.4 Å². The van der Waals surface area contributed by atoms with Gasteiger partial charge in [0.1, 0.15) is 0 Å². The lowest BCUT2D eigenvalue weighted by Crippen LogP contribution is -2.09. The Kier molecular flexibility index (Phi) is 4.62. The molecule has 4 nitrogen and oxygen atoms in total. The van der Waals surface area contributed by atoms with Crippen molar-refractivity contribution in [1.29, 1.82) is 0 Å². The lowest BCUT2D eigenvalue weighted by molar-refractivity contribution is 0.297. The zero-order valence-corrected chi connectivity index (χ0v) is 12.5. The van der Waals surface area contributed by atoms with Gasteiger partial charge in [0.05, 0.1) is 13.2 Å². The summed E-state index contributed by atoms with van der Waals surface area (Å²) in [4.78, 5) is 5.29. The van der Waals surface area contributed by atoms with Crippen molar-refractivity contribution in [3.05, 3.63) is 48.3 Å². The molecule has 5 heteroatoms. The average Bonchev–Trinajstić information content (AvgIpc) is 2.78. The van der Waals surface area contributed by atoms with Gasteiger partial charge >= 0.3 is 0 Å². The second kappa shape index (κ2) is 6.83. The molecule has 0 radical (unpaired) electrons. The second-order valence-corrected chi connectivity index (χ2v) is 6.06. The maximum absolute atomic E-state index is 5.91. The molecule has 0 saturated heterocycles. The highest BCUT2D eigenvalue weighted by atomic mass is 32.2. The van der Waals surface area contributed by atoms with Gasteiger partial charge in [-0.2, -0.15) is 0 Å². The van der Waals surface area contributed by atoms with Crippen molar-refractivity contribution in [2.24, 2.45) is 5.73 Å². The van der Waals surface area contributed by atoms with E-state index in [-0.39, 0.29) is 5.25 Å². The van der Waals surface area contributed by atoms with Crippen LogP contribution in [0.5, 0.6) is 11.5 Å². The predicted octanol–water partition coefficient (Wildman–Crippen LogP) is 3.04. The molecule has 2 N–H and O–H groups in total. The quantitative estimate of drug-likeness (QED) is 0.880. The highest BCUT2D eigenvalue weighted by molar-refractivity contribution is 7.99. The summed E-state index contributed by atoms with van der Waals surface area (Å²) in [5.41, 5.74) is 7.05. The number of hydrogen-bond acceptors (Lipinski definition) is 5. The number of nitrogens with two attached hydrogens (primary N) is 1. The van der Waals surface area contributed by atoms with Crippen molar-refractivity contribution >= 4 is 11.8 Å². The number of ether oxygens (including phenoxy) is 2. The zero-order valence-electron chi connectivity index (χ0n) is 11.7. The predicted molar refractivity (Wildman–Crippen MR) is 83.9 cm³/mol. The number of hydrogen-bond donors (Lipinski definition) is 1. The van der Waals surface area contributed by atoms with Crippen LogP contribution in [-0.4, -0.2) is 24.7 Å². The molecular weight excluding hydrogens is 284 g/mol. The number of pyridine rings is 1. The molecule has 2 aromatic rings. The first-order valence-electron chi connectivity index (χ1n) is 7.03. The van der Waals surface area contributed by atoms with Crippen LogP contribution in [0.15, 0.2) is 47.6 Å². The lowest BCUT2D eigenvalue weighted by atomic mass is 10.2. The molecule has 0 spiro atoms. The molecule has 0 bridgehead atoms. The standard InChI is InChI=1S/C16H18N2O2S/c17-10-16(12-3-1-6-18-11-12)21-13-4-5-14-15(9-13)20-8-2-7-19-14/h1,3-6,9,11,16H,2,7-8,10,17H2. The summed E-state index contributed by atoms with van der Waals surface area (Å²) >= 11 is 1.72. The fraction of sp³-hybridized carbons (Fsp3) is 0.312. The average molecular weight is 302 g/mol. The summed E-state index contributed by atoms with van der Waals surface area (Å²) < 4.78 is 11.4. The van der Waals surface area contributed by atoms with Gasteiger partial charge in [0, 0.05) is 35.5 Å². The molecule has 0 saturated carbocycles. The normalized spacial score (nSPS) is 15.3. The Hall–Kier alpha value is -1.72. The third kappa shape index (κ3) is 3.49. The lowest BCUT2D eigenvalue weighted by Gasteiger charge is -2.15. The van der Waals surface area contributed by atoms with E-state index in [2.05, 4.69) is 17.1 Å². The van der Waals surface area contributed by atoms with Crippen molar-refractivity contribution < 1.29 is 9.47 Å². The smallest absolute Gasteiger partial charge is 0.162 e. The third-order valence-corrected chi connectivity index (χ3v) is 4.54. The summed E-state index contributed by atoms with van der Waals surface area (Å²) in [6.45, 7) is 1.97. The van der Waals surface area contributed by atoms with E-state index in [4.69, 9.17) is 15.2 Å². The van der Waals surface area contributed by atoms with E-state index in [1.807, 2.05) is 24.4 Å². The van der Waals surface area contributed by atoms with Crippen molar-refractivity contribution in [1.82, 2.24) is 4.98 Å². The fourth-order valence-corrected chi connectivity index (χ4v) is 3.22. The number of aromatic nitrogens is 1. The molecule has 1 aliphatic heterocycles. The van der Waals surface area contributed by atoms with Gasteiger partial charge in [0.15, 0.2) is 11.5 Å². The van der Waals surface area contributed by atoms with Gasteiger partial charge in [-0.25, -0.2) is 0 Å². The Morgan fingerprint density at radius 1 is 1.19 bits per heavy atom. The van der Waals surface area contributed by atoms with Gasteiger partial charge in [0.2, 0.25) is 0 Å². The van der Waals surface area contributed by atoms with Crippen molar-refractivity contribution in [2.45, 2.75) is 16.6 Å². The molecule has 1 aliphatic rings. The molecule has 1 unspecified atom stereocenters. The summed E-state index contributed by atoms with van der Waals surface area (Å²) in [5, 5.41) is 0.184. The van der Waals surface area contributed by atoms with E-state index in [0.29, 0.717) is 19.8 Å². The Balaban J connectivity index is 1.79. The van der Waals surface area contributed by atoms with Crippen LogP contribution in [0.4, 0.5) is 0 Å². The third-order valence-electron chi connectivity index (χ3n) is 3.27. The van der Waals surface area contributed by atoms with Crippen LogP contribution in [0.1, 0.15) is 17.2 Å². The van der Waals surface area contributed by atoms with E-state index < -0.39 is 0 Å². The molecule has 3 rings (SSSR count). The topological polar surface area (TPSA) is 57.4 Å². The monoisotopic (exact) mass is 302 g/mol. The zero-order chi connectivity index (χ0) is 14.5. The number of benzene rings is 1. The highest BCUT2D eigenvalue weighted by Gasteiger charge is 2.15. The number of rotatable bonds is 4. The molecule has 1 aromatic heterocycles. The molecule has 21 heavy (non-hydrogen) atoms. The molecule has 1 atom stereocenters. The molecule has 1 aromatic carbocycles. The van der Waals surface area contributed by atoms with Crippen LogP contribution in [-0.2, 0) is 0 Å². The fourth-order valence-electron chi connectivity index (χ4n) is 2.20. The van der Waals surface area contributed by atoms with Gasteiger partial charge in [-0.3, -0.25) is 4.98 Å². The Labute approximate surface area is 128 Å². The van der Waals surface area contributed by atoms with Gasteiger partial charge in [-0.1, -0.05) is 6.07 Å². The van der Waals surface area contributed by atoms with E-state index in [1.54, 1.807) is 18.0 Å². The van der Waals surface area contributed by atoms with Crippen molar-refractivity contribution in [2.75, 3.05) is 19.8 Å². The minimum atomic E-state index is 0.184. The van der Waals surface area contributed by atoms with Crippen molar-refractivity contribution in [3.63, 3.8) is 0 Å². The van der Waals surface area contributed by atoms with Crippen molar-refractivity contribution in [3.8, 4) is 11.5 Å². The molecule has 0 fully saturated rings. The number of fused-ring (bicyclic) bond motifs is 1. The van der Waals surface area contributed by atoms with E-state index in [9.17, 15) is 0 Å². The molecule has 2 heterocycles. The van der Waals surface area contributed by atoms with Crippen LogP contribution in [0.2, 0.25) is 0 Å². The van der Waals surface area contributed by atoms with E-state index >= 15 is 0 Å². The molecule has 0 amide bonds. The molecule has 110 valence electrons. The van der Waals surface area contributed by atoms with Gasteiger partial charge in [-0.05, 0) is 29.8 Å². The minimum Gasteiger partial charge on any atom is -0.490 e. The first-order valence-corrected chi connectivity index (χ1v) is 7.91. The van der Waals surface area contributed by atoms with Gasteiger partial charge in [0.25, 0.3) is 0 Å². The van der Waals surface area contributed by atoms with Crippen LogP contribution in [0.25, 0.3) is 0 Å². The Morgan fingerprint density at radius 3 is 2.81 bits per heavy atom. The number of thioether (sulfide) groups is 1. The van der Waals surface area contributed by atoms with Crippen LogP contribution < -0.4 is 15.2 Å². The first-order chi connectivity index (χ1) is 10.4. The SMILES string of the molecule is NCC(Sc1ccc2c(c1)OCCCO2)c1cccnc1. The Morgan fingerprint density at radius 2 is 2.05 bits per heavy atom. The molecular formula is C16H18N2O2S. The summed E-state index contributed by atoms with van der Waals surface area (Å²) in [6.07, 6.45) is 4.56. The summed E-state index contributed by atoms with van der Waals surface area (Å²) in [6, 6.07) is 10.1. The number of nitrogens with zero attached hydrogens (tertiary/aromatic N) is 1. The largest absolute Gasteiger partial charge is 0.490 e. The molecule has 0 aliphatic carbocycles. The summed E-state index contributed by atoms with van der Waals surface area (Å²) in [7, 11) is 0. The highest BCUT2D eigenvalue weighted by Crippen LogP contribution is 2.39. The minimum absolute atomic E-state index is 0.184. The van der Waals surface area contributed by atoms with Crippen LogP contribution >= 0.6 is 11.8 Å². The maximum atomic E-state index is 5.91. The second-order valence-electron chi connectivity index (χ2n) is 4.79. The van der Waals surface area contributed by atoms with Gasteiger partial charge < -0.3 is 15.2 Å². The Bertz CT molecular complexity index is 592. The first kappa shape index (κ1) is 14.2. The maximum Gasteiger partial charge on any atom is 0.162 e. The summed E-state index contributed by atoms with van der Waals surface area (Å²) in [5.74, 6) is 1.64. The van der Waals surface area contributed by atoms with E-state index in [1.165, 1.54) is 0 Å². The van der Waals surface area contributed by atoms with Crippen LogP contribution in [0.3, 0.4) is 0 Å². The van der Waals surface area contributed by atoms with Crippen LogP contribution in [0, 0.1) is 0 Å².